The van der Waals surface area contributed by atoms with Gasteiger partial charge in [-0.25, -0.2) is 4.98 Å². The maximum absolute atomic E-state index is 11.9. The molecule has 6 heteroatoms. The summed E-state index contributed by atoms with van der Waals surface area (Å²) in [5.74, 6) is -0.0612. The molecule has 1 aromatic heterocycles. The lowest BCUT2D eigenvalue weighted by Crippen LogP contribution is -2.31. The van der Waals surface area contributed by atoms with E-state index in [-0.39, 0.29) is 12.5 Å². The maximum atomic E-state index is 11.9. The zero-order chi connectivity index (χ0) is 19.1. The van der Waals surface area contributed by atoms with Crippen molar-refractivity contribution in [1.82, 2.24) is 10.3 Å². The van der Waals surface area contributed by atoms with Crippen LogP contribution in [0, 0.1) is 18.3 Å². The molecule has 1 amide bonds. The summed E-state index contributed by atoms with van der Waals surface area (Å²) >= 11 is 1.65. The molecular weight excluding hydrogens is 356 g/mol. The second-order valence-corrected chi connectivity index (χ2v) is 7.15. The Bertz CT molecular complexity index is 940. The number of aryl methyl sites for hydroxylation is 1. The number of anilines is 1. The Hall–Kier alpha value is -3.17. The molecule has 2 aromatic carbocycles. The Labute approximate surface area is 162 Å². The number of thiazole rings is 1. The number of benzene rings is 2. The fourth-order valence-electron chi connectivity index (χ4n) is 2.59. The fourth-order valence-corrected chi connectivity index (χ4v) is 3.21. The lowest BCUT2D eigenvalue weighted by molar-refractivity contribution is -0.119. The van der Waals surface area contributed by atoms with Crippen LogP contribution < -0.4 is 10.6 Å². The molecule has 0 saturated heterocycles. The Balaban J connectivity index is 1.41. The highest BCUT2D eigenvalue weighted by Gasteiger charge is 2.04. The van der Waals surface area contributed by atoms with Crippen molar-refractivity contribution in [3.63, 3.8) is 0 Å². The number of nitriles is 1. The van der Waals surface area contributed by atoms with E-state index in [1.165, 1.54) is 5.56 Å². The standard InChI is InChI=1S/C21H20N4OS/c1-15-25-20(14-27-15)18-6-2-16(3-7-18)10-11-23-21(26)13-24-19-8-4-17(12-22)5-9-19/h2-9,14,24H,10-11,13H2,1H3,(H,23,26). The van der Waals surface area contributed by atoms with E-state index >= 15 is 0 Å². The number of hydrogen-bond acceptors (Lipinski definition) is 5. The summed E-state index contributed by atoms with van der Waals surface area (Å²) in [7, 11) is 0. The quantitative estimate of drug-likeness (QED) is 0.658. The SMILES string of the molecule is Cc1nc(-c2ccc(CCNC(=O)CNc3ccc(C#N)cc3)cc2)cs1. The minimum absolute atomic E-state index is 0.0612. The minimum atomic E-state index is -0.0612. The van der Waals surface area contributed by atoms with Crippen LogP contribution >= 0.6 is 11.3 Å². The van der Waals surface area contributed by atoms with E-state index in [0.29, 0.717) is 12.1 Å². The molecule has 0 spiro atoms. The van der Waals surface area contributed by atoms with Crippen molar-refractivity contribution in [3.8, 4) is 17.3 Å². The lowest BCUT2D eigenvalue weighted by Gasteiger charge is -2.08. The minimum Gasteiger partial charge on any atom is -0.376 e. The second-order valence-electron chi connectivity index (χ2n) is 6.09. The van der Waals surface area contributed by atoms with Crippen molar-refractivity contribution < 1.29 is 4.79 Å². The fraction of sp³-hybridized carbons (Fsp3) is 0.190. The normalized spacial score (nSPS) is 10.2. The van der Waals surface area contributed by atoms with Gasteiger partial charge in [0.05, 0.1) is 28.9 Å². The molecule has 3 aromatic rings. The van der Waals surface area contributed by atoms with Crippen LogP contribution in [0.4, 0.5) is 5.69 Å². The first kappa shape index (κ1) is 18.6. The molecule has 0 aliphatic carbocycles. The number of amides is 1. The molecular formula is C21H20N4OS. The maximum Gasteiger partial charge on any atom is 0.239 e. The summed E-state index contributed by atoms with van der Waals surface area (Å²) in [6.07, 6.45) is 0.777. The number of aromatic nitrogens is 1. The van der Waals surface area contributed by atoms with Crippen molar-refractivity contribution >= 4 is 22.9 Å². The predicted molar refractivity (Wildman–Crippen MR) is 109 cm³/mol. The van der Waals surface area contributed by atoms with Gasteiger partial charge in [0, 0.05) is 23.2 Å². The summed E-state index contributed by atoms with van der Waals surface area (Å²) in [5.41, 5.74) is 4.70. The van der Waals surface area contributed by atoms with Crippen LogP contribution in [0.2, 0.25) is 0 Å². The third-order valence-corrected chi connectivity index (χ3v) is 4.85. The number of carbonyl (C=O) groups is 1. The summed E-state index contributed by atoms with van der Waals surface area (Å²) < 4.78 is 0. The summed E-state index contributed by atoms with van der Waals surface area (Å²) in [6, 6.07) is 17.4. The highest BCUT2D eigenvalue weighted by Crippen LogP contribution is 2.21. The Morgan fingerprint density at radius 1 is 1.15 bits per heavy atom. The number of nitrogens with one attached hydrogen (secondary N) is 2. The number of carbonyl (C=O) groups excluding carboxylic acids is 1. The molecule has 5 nitrogen and oxygen atoms in total. The van der Waals surface area contributed by atoms with Crippen molar-refractivity contribution in [2.24, 2.45) is 0 Å². The van der Waals surface area contributed by atoms with Gasteiger partial charge in [0.15, 0.2) is 0 Å². The topological polar surface area (TPSA) is 77.8 Å². The van der Waals surface area contributed by atoms with Gasteiger partial charge < -0.3 is 10.6 Å². The van der Waals surface area contributed by atoms with Gasteiger partial charge in [0.1, 0.15) is 0 Å². The Morgan fingerprint density at radius 2 is 1.89 bits per heavy atom. The van der Waals surface area contributed by atoms with Crippen LogP contribution in [0.25, 0.3) is 11.3 Å². The van der Waals surface area contributed by atoms with Crippen LogP contribution in [0.1, 0.15) is 16.1 Å². The monoisotopic (exact) mass is 376 g/mol. The van der Waals surface area contributed by atoms with Crippen LogP contribution in [-0.4, -0.2) is 24.0 Å². The molecule has 0 unspecified atom stereocenters. The lowest BCUT2D eigenvalue weighted by atomic mass is 10.1. The van der Waals surface area contributed by atoms with Crippen LogP contribution in [0.15, 0.2) is 53.9 Å². The van der Waals surface area contributed by atoms with Crippen molar-refractivity contribution in [3.05, 3.63) is 70.0 Å². The molecule has 0 aliphatic rings. The van der Waals surface area contributed by atoms with E-state index in [1.807, 2.05) is 6.92 Å². The summed E-state index contributed by atoms with van der Waals surface area (Å²) in [4.78, 5) is 16.4. The smallest absolute Gasteiger partial charge is 0.239 e. The van der Waals surface area contributed by atoms with E-state index in [0.717, 1.165) is 28.4 Å². The molecule has 0 bridgehead atoms. The average molecular weight is 376 g/mol. The molecule has 0 atom stereocenters. The van der Waals surface area contributed by atoms with Crippen molar-refractivity contribution in [1.29, 1.82) is 5.26 Å². The van der Waals surface area contributed by atoms with Gasteiger partial charge in [-0.2, -0.15) is 5.26 Å². The first-order valence-electron chi connectivity index (χ1n) is 8.66. The zero-order valence-corrected chi connectivity index (χ0v) is 15.8. The Kier molecular flexibility index (Phi) is 6.18. The number of hydrogen-bond donors (Lipinski definition) is 2. The van der Waals surface area contributed by atoms with E-state index in [9.17, 15) is 4.79 Å². The largest absolute Gasteiger partial charge is 0.376 e. The van der Waals surface area contributed by atoms with Crippen molar-refractivity contribution in [2.45, 2.75) is 13.3 Å². The molecule has 1 heterocycles. The van der Waals surface area contributed by atoms with Gasteiger partial charge in [-0.3, -0.25) is 4.79 Å². The molecule has 3 rings (SSSR count). The second kappa shape index (κ2) is 8.97. The molecule has 0 fully saturated rings. The van der Waals surface area contributed by atoms with Gasteiger partial charge in [-0.1, -0.05) is 24.3 Å². The van der Waals surface area contributed by atoms with Gasteiger partial charge in [0.2, 0.25) is 5.91 Å². The van der Waals surface area contributed by atoms with Crippen LogP contribution in [0.5, 0.6) is 0 Å². The van der Waals surface area contributed by atoms with Gasteiger partial charge >= 0.3 is 0 Å². The number of nitrogens with zero attached hydrogens (tertiary/aromatic N) is 2. The third kappa shape index (κ3) is 5.40. The summed E-state index contributed by atoms with van der Waals surface area (Å²) in [5, 5.41) is 17.9. The molecule has 0 saturated carbocycles. The molecule has 136 valence electrons. The van der Waals surface area contributed by atoms with E-state index in [2.05, 4.69) is 51.3 Å². The van der Waals surface area contributed by atoms with Crippen molar-refractivity contribution in [2.75, 3.05) is 18.4 Å². The highest BCUT2D eigenvalue weighted by molar-refractivity contribution is 7.09. The third-order valence-electron chi connectivity index (χ3n) is 4.07. The van der Waals surface area contributed by atoms with E-state index < -0.39 is 0 Å². The first-order chi connectivity index (χ1) is 13.1. The van der Waals surface area contributed by atoms with Crippen LogP contribution in [-0.2, 0) is 11.2 Å². The van der Waals surface area contributed by atoms with Gasteiger partial charge in [0.25, 0.3) is 0 Å². The average Bonchev–Trinajstić information content (AvgIpc) is 3.13. The van der Waals surface area contributed by atoms with Gasteiger partial charge in [-0.05, 0) is 43.2 Å². The van der Waals surface area contributed by atoms with E-state index in [1.54, 1.807) is 35.6 Å². The molecule has 2 N–H and O–H groups in total. The summed E-state index contributed by atoms with van der Waals surface area (Å²) in [6.45, 7) is 2.79. The Morgan fingerprint density at radius 3 is 2.52 bits per heavy atom. The number of rotatable bonds is 7. The van der Waals surface area contributed by atoms with Gasteiger partial charge in [-0.15, -0.1) is 11.3 Å². The van der Waals surface area contributed by atoms with Crippen LogP contribution in [0.3, 0.4) is 0 Å². The molecule has 0 aliphatic heterocycles. The first-order valence-corrected chi connectivity index (χ1v) is 9.54. The highest BCUT2D eigenvalue weighted by atomic mass is 32.1. The zero-order valence-electron chi connectivity index (χ0n) is 15.0. The molecule has 27 heavy (non-hydrogen) atoms. The predicted octanol–water partition coefficient (Wildman–Crippen LogP) is 3.76. The van der Waals surface area contributed by atoms with E-state index in [4.69, 9.17) is 5.26 Å². The molecule has 0 radical (unpaired) electrons.